The van der Waals surface area contributed by atoms with Crippen molar-refractivity contribution in [2.75, 3.05) is 0 Å². The zero-order chi connectivity index (χ0) is 20.7. The lowest BCUT2D eigenvalue weighted by Crippen LogP contribution is -2.18. The minimum Gasteiger partial charge on any atom is -0.342 e. The zero-order valence-electron chi connectivity index (χ0n) is 17.3. The van der Waals surface area contributed by atoms with Crippen LogP contribution in [0.2, 0.25) is 0 Å². The fourth-order valence-electron chi connectivity index (χ4n) is 4.15. The minimum atomic E-state index is 0.672. The van der Waals surface area contributed by atoms with E-state index in [1.165, 1.54) is 22.3 Å². The van der Waals surface area contributed by atoms with E-state index in [4.69, 9.17) is 4.98 Å². The van der Waals surface area contributed by atoms with Crippen molar-refractivity contribution in [3.05, 3.63) is 102 Å². The van der Waals surface area contributed by atoms with Gasteiger partial charge in [0.15, 0.2) is 0 Å². The van der Waals surface area contributed by atoms with Gasteiger partial charge in [-0.15, -0.1) is 0 Å². The normalized spacial score (nSPS) is 13.1. The lowest BCUT2D eigenvalue weighted by atomic mass is 9.91. The highest BCUT2D eigenvalue weighted by molar-refractivity contribution is 5.86. The van der Waals surface area contributed by atoms with E-state index in [0.717, 1.165) is 34.6 Å². The molecule has 148 valence electrons. The number of benzene rings is 1. The summed E-state index contributed by atoms with van der Waals surface area (Å²) in [5.41, 5.74) is 10.1. The predicted octanol–water partition coefficient (Wildman–Crippen LogP) is 5.72. The summed E-state index contributed by atoms with van der Waals surface area (Å²) in [6.07, 6.45) is 13.3. The second-order valence-electron chi connectivity index (χ2n) is 7.75. The van der Waals surface area contributed by atoms with Gasteiger partial charge in [0.2, 0.25) is 0 Å². The average molecular weight is 393 g/mol. The van der Waals surface area contributed by atoms with Crippen LogP contribution < -0.4 is 0 Å². The summed E-state index contributed by atoms with van der Waals surface area (Å²) in [5, 5.41) is 0. The Morgan fingerprint density at radius 3 is 2.67 bits per heavy atom. The molecule has 4 aromatic rings. The van der Waals surface area contributed by atoms with Gasteiger partial charge in [-0.2, -0.15) is 0 Å². The maximum absolute atomic E-state index is 4.76. The Kier molecular flexibility index (Phi) is 4.47. The van der Waals surface area contributed by atoms with E-state index in [0.29, 0.717) is 6.54 Å². The van der Waals surface area contributed by atoms with Gasteiger partial charge in [0.1, 0.15) is 5.65 Å². The molecule has 5 rings (SSSR count). The Hall–Kier alpha value is -3.66. The van der Waals surface area contributed by atoms with Crippen molar-refractivity contribution < 1.29 is 0 Å². The molecule has 0 bridgehead atoms. The van der Waals surface area contributed by atoms with E-state index in [9.17, 15) is 0 Å². The van der Waals surface area contributed by atoms with Crippen molar-refractivity contribution in [2.45, 2.75) is 26.8 Å². The van der Waals surface area contributed by atoms with Crippen LogP contribution in [0.15, 0.2) is 74.0 Å². The summed E-state index contributed by atoms with van der Waals surface area (Å²) in [7, 11) is 0. The summed E-state index contributed by atoms with van der Waals surface area (Å²) < 4.78 is 2.08. The van der Waals surface area contributed by atoms with Crippen molar-refractivity contribution >= 4 is 17.4 Å². The van der Waals surface area contributed by atoms with E-state index in [-0.39, 0.29) is 0 Å². The molecule has 0 unspecified atom stereocenters. The number of nitrogens with zero attached hydrogens (tertiary/aromatic N) is 4. The first-order valence-electron chi connectivity index (χ1n) is 10.3. The van der Waals surface area contributed by atoms with E-state index in [1.807, 2.05) is 12.4 Å². The first kappa shape index (κ1) is 18.4. The molecule has 0 atom stereocenters. The number of rotatable bonds is 4. The molecule has 0 N–H and O–H groups in total. The Bertz CT molecular complexity index is 1300. The molecule has 4 heterocycles. The Labute approximate surface area is 176 Å². The molecule has 0 saturated carbocycles. The van der Waals surface area contributed by atoms with Crippen molar-refractivity contribution in [2.24, 2.45) is 0 Å². The molecule has 0 radical (unpaired) electrons. The van der Waals surface area contributed by atoms with Crippen LogP contribution in [-0.4, -0.2) is 19.3 Å². The molecule has 0 saturated heterocycles. The highest BCUT2D eigenvalue weighted by Gasteiger charge is 2.20. The fourth-order valence-corrected chi connectivity index (χ4v) is 4.15. The molecular weight excluding hydrogens is 368 g/mol. The van der Waals surface area contributed by atoms with Crippen LogP contribution >= 0.6 is 0 Å². The smallest absolute Gasteiger partial charge is 0.137 e. The summed E-state index contributed by atoms with van der Waals surface area (Å²) in [4.78, 5) is 11.4. The first-order valence-corrected chi connectivity index (χ1v) is 10.3. The summed E-state index contributed by atoms with van der Waals surface area (Å²) in [6.45, 7) is 9.33. The van der Waals surface area contributed by atoms with Crippen molar-refractivity contribution in [1.82, 2.24) is 19.3 Å². The Balaban J connectivity index is 1.49. The SMILES string of the molecule is C=C1c2cncc(-c3ccccc3CC)c2C=CN1Cc1cn2cc(C)ccc2n1. The molecule has 4 heteroatoms. The van der Waals surface area contributed by atoms with Gasteiger partial charge >= 0.3 is 0 Å². The summed E-state index contributed by atoms with van der Waals surface area (Å²) in [6, 6.07) is 12.7. The fraction of sp³-hybridized carbons (Fsp3) is 0.154. The lowest BCUT2D eigenvalue weighted by Gasteiger charge is -2.28. The largest absolute Gasteiger partial charge is 0.342 e. The number of imidazole rings is 1. The van der Waals surface area contributed by atoms with Crippen molar-refractivity contribution in [3.63, 3.8) is 0 Å². The molecule has 0 fully saturated rings. The maximum atomic E-state index is 4.76. The van der Waals surface area contributed by atoms with E-state index < -0.39 is 0 Å². The maximum Gasteiger partial charge on any atom is 0.137 e. The predicted molar refractivity (Wildman–Crippen MR) is 123 cm³/mol. The van der Waals surface area contributed by atoms with Gasteiger partial charge in [-0.05, 0) is 47.7 Å². The third-order valence-electron chi connectivity index (χ3n) is 5.74. The van der Waals surface area contributed by atoms with Crippen LogP contribution in [0.25, 0.3) is 28.5 Å². The van der Waals surface area contributed by atoms with E-state index >= 15 is 0 Å². The number of aromatic nitrogens is 3. The van der Waals surface area contributed by atoms with Gasteiger partial charge < -0.3 is 9.30 Å². The van der Waals surface area contributed by atoms with Gasteiger partial charge in [-0.25, -0.2) is 4.98 Å². The van der Waals surface area contributed by atoms with Gasteiger partial charge in [0.05, 0.1) is 12.2 Å². The monoisotopic (exact) mass is 392 g/mol. The summed E-state index contributed by atoms with van der Waals surface area (Å²) in [5.74, 6) is 0. The molecule has 0 aliphatic carbocycles. The molecule has 1 aliphatic rings. The van der Waals surface area contributed by atoms with Gasteiger partial charge in [-0.1, -0.05) is 43.8 Å². The Morgan fingerprint density at radius 1 is 0.967 bits per heavy atom. The molecule has 0 amide bonds. The highest BCUT2D eigenvalue weighted by atomic mass is 15.1. The van der Waals surface area contributed by atoms with E-state index in [2.05, 4.69) is 95.8 Å². The number of fused-ring (bicyclic) bond motifs is 2. The van der Waals surface area contributed by atoms with Gasteiger partial charge in [-0.3, -0.25) is 4.98 Å². The number of aryl methyl sites for hydroxylation is 2. The van der Waals surface area contributed by atoms with Gasteiger partial charge in [0.25, 0.3) is 0 Å². The standard InChI is InChI=1S/C26H24N4/c1-4-20-7-5-6-8-22(20)25-14-27-13-24-19(3)29(12-11-23(24)25)16-21-17-30-15-18(2)9-10-26(30)28-21/h5-15,17H,3-4,16H2,1-2H3. The molecule has 3 aromatic heterocycles. The van der Waals surface area contributed by atoms with Crippen molar-refractivity contribution in [1.29, 1.82) is 0 Å². The summed E-state index contributed by atoms with van der Waals surface area (Å²) >= 11 is 0. The number of pyridine rings is 2. The lowest BCUT2D eigenvalue weighted by molar-refractivity contribution is 0.519. The molecule has 0 spiro atoms. The van der Waals surface area contributed by atoms with Crippen molar-refractivity contribution in [3.8, 4) is 11.1 Å². The minimum absolute atomic E-state index is 0.672. The third kappa shape index (κ3) is 3.11. The van der Waals surface area contributed by atoms with E-state index in [1.54, 1.807) is 0 Å². The third-order valence-corrected chi connectivity index (χ3v) is 5.74. The van der Waals surface area contributed by atoms with Crippen LogP contribution in [0.5, 0.6) is 0 Å². The molecule has 1 aliphatic heterocycles. The molecule has 30 heavy (non-hydrogen) atoms. The van der Waals surface area contributed by atoms with Gasteiger partial charge in [0, 0.05) is 47.8 Å². The van der Waals surface area contributed by atoms with Crippen LogP contribution in [0.4, 0.5) is 0 Å². The molecular formula is C26H24N4. The number of hydrogen-bond acceptors (Lipinski definition) is 3. The second kappa shape index (κ2) is 7.30. The van der Waals surface area contributed by atoms with Crippen LogP contribution in [0, 0.1) is 6.92 Å². The topological polar surface area (TPSA) is 33.4 Å². The Morgan fingerprint density at radius 2 is 1.80 bits per heavy atom. The average Bonchev–Trinajstić information content (AvgIpc) is 3.17. The zero-order valence-corrected chi connectivity index (χ0v) is 17.3. The quantitative estimate of drug-likeness (QED) is 0.445. The second-order valence-corrected chi connectivity index (χ2v) is 7.75. The van der Waals surface area contributed by atoms with Crippen LogP contribution in [0.1, 0.15) is 34.9 Å². The first-order chi connectivity index (χ1) is 14.6. The molecule has 1 aromatic carbocycles. The molecule has 4 nitrogen and oxygen atoms in total. The highest BCUT2D eigenvalue weighted by Crippen LogP contribution is 2.36. The number of hydrogen-bond donors (Lipinski definition) is 0. The van der Waals surface area contributed by atoms with Crippen LogP contribution in [-0.2, 0) is 13.0 Å². The van der Waals surface area contributed by atoms with Crippen LogP contribution in [0.3, 0.4) is 0 Å².